The summed E-state index contributed by atoms with van der Waals surface area (Å²) in [6, 6.07) is 8.93. The van der Waals surface area contributed by atoms with Crippen LogP contribution < -0.4 is 15.2 Å². The predicted molar refractivity (Wildman–Crippen MR) is 142 cm³/mol. The number of allylic oxidation sites excluding steroid dienone is 1. The van der Waals surface area contributed by atoms with Gasteiger partial charge in [0.15, 0.2) is 5.78 Å². The molecular formula is C27H32BrNO8. The lowest BCUT2D eigenvalue weighted by atomic mass is 9.58. The van der Waals surface area contributed by atoms with E-state index in [2.05, 4.69) is 15.9 Å². The van der Waals surface area contributed by atoms with Crippen molar-refractivity contribution in [2.24, 2.45) is 5.73 Å². The summed E-state index contributed by atoms with van der Waals surface area (Å²) in [5.41, 5.74) is 4.56. The van der Waals surface area contributed by atoms with Gasteiger partial charge in [0, 0.05) is 21.5 Å². The van der Waals surface area contributed by atoms with Crippen LogP contribution in [-0.2, 0) is 15.0 Å². The van der Waals surface area contributed by atoms with E-state index >= 15 is 0 Å². The van der Waals surface area contributed by atoms with Crippen molar-refractivity contribution in [1.82, 2.24) is 0 Å². The molecule has 1 aliphatic carbocycles. The van der Waals surface area contributed by atoms with E-state index in [0.717, 1.165) is 29.3 Å². The molecule has 0 heterocycles. The second-order valence-electron chi connectivity index (χ2n) is 8.89. The summed E-state index contributed by atoms with van der Waals surface area (Å²) < 4.78 is 11.9. The van der Waals surface area contributed by atoms with Crippen LogP contribution in [-0.4, -0.2) is 53.3 Å². The third-order valence-corrected chi connectivity index (χ3v) is 7.31. The summed E-state index contributed by atoms with van der Waals surface area (Å²) in [6.07, 6.45) is 6.26. The summed E-state index contributed by atoms with van der Waals surface area (Å²) in [6.45, 7) is 1.21. The second kappa shape index (κ2) is 12.7. The average Bonchev–Trinajstić information content (AvgIpc) is 2.87. The Labute approximate surface area is 224 Å². The number of rotatable bonds is 8. The Morgan fingerprint density at radius 3 is 2.22 bits per heavy atom. The molecule has 0 bridgehead atoms. The number of benzene rings is 2. The fourth-order valence-corrected chi connectivity index (χ4v) is 5.32. The van der Waals surface area contributed by atoms with E-state index in [9.17, 15) is 19.8 Å². The molecule has 0 amide bonds. The van der Waals surface area contributed by atoms with Crippen LogP contribution >= 0.6 is 15.9 Å². The number of phenols is 1. The van der Waals surface area contributed by atoms with Crippen molar-refractivity contribution in [1.29, 1.82) is 0 Å². The maximum Gasteiger partial charge on any atom is 0.324 e. The highest BCUT2D eigenvalue weighted by Gasteiger charge is 2.55. The average molecular weight is 578 g/mol. The molecule has 0 spiro atoms. The molecule has 5 N–H and O–H groups in total. The molecule has 10 heteroatoms. The van der Waals surface area contributed by atoms with Gasteiger partial charge in [0.2, 0.25) is 0 Å². The number of carbonyl (C=O) groups excluding carboxylic acids is 1. The van der Waals surface area contributed by atoms with E-state index < -0.39 is 22.7 Å². The first-order valence-corrected chi connectivity index (χ1v) is 12.4. The van der Waals surface area contributed by atoms with Gasteiger partial charge in [0.05, 0.1) is 14.2 Å². The zero-order chi connectivity index (χ0) is 27.8. The van der Waals surface area contributed by atoms with Gasteiger partial charge in [-0.05, 0) is 43.5 Å². The van der Waals surface area contributed by atoms with Gasteiger partial charge < -0.3 is 30.5 Å². The molecule has 37 heavy (non-hydrogen) atoms. The first-order valence-electron chi connectivity index (χ1n) is 11.6. The lowest BCUT2D eigenvalue weighted by Gasteiger charge is -2.47. The van der Waals surface area contributed by atoms with Crippen LogP contribution in [0.1, 0.15) is 60.5 Å². The van der Waals surface area contributed by atoms with Crippen LogP contribution in [0.5, 0.6) is 17.2 Å². The molecule has 1 fully saturated rings. The van der Waals surface area contributed by atoms with Gasteiger partial charge in [-0.25, -0.2) is 0 Å². The number of halogens is 1. The van der Waals surface area contributed by atoms with Crippen LogP contribution in [0.4, 0.5) is 0 Å². The van der Waals surface area contributed by atoms with Crippen LogP contribution in [0.3, 0.4) is 0 Å². The van der Waals surface area contributed by atoms with Gasteiger partial charge in [0.25, 0.3) is 6.47 Å². The normalized spacial score (nSPS) is 16.1. The van der Waals surface area contributed by atoms with E-state index in [1.807, 2.05) is 24.3 Å². The molecule has 0 saturated heterocycles. The van der Waals surface area contributed by atoms with Crippen molar-refractivity contribution in [3.8, 4) is 17.2 Å². The van der Waals surface area contributed by atoms with Crippen LogP contribution in [0.2, 0.25) is 0 Å². The summed E-state index contributed by atoms with van der Waals surface area (Å²) >= 11 is 3.40. The maximum atomic E-state index is 13.3. The molecule has 0 radical (unpaired) electrons. The van der Waals surface area contributed by atoms with Gasteiger partial charge in [0.1, 0.15) is 28.4 Å². The van der Waals surface area contributed by atoms with Crippen LogP contribution in [0.15, 0.2) is 40.9 Å². The standard InChI is InChI=1S/C26H30BrNO6.CH2O2/c1-25(28,24(31)32)26(12-5-4-6-13-26)22-20(34-3)15-19(33-2)21(23(22)30)18(29)11-10-16-8-7-9-17(27)14-16;2-1-3/h7-11,14-15,30H,4-6,12-13,28H2,1-3H3,(H,31,32);1H,(H,2,3)/b11-10+;. The van der Waals surface area contributed by atoms with Gasteiger partial charge >= 0.3 is 5.97 Å². The summed E-state index contributed by atoms with van der Waals surface area (Å²) in [4.78, 5) is 33.9. The quantitative estimate of drug-likeness (QED) is 0.197. The zero-order valence-corrected chi connectivity index (χ0v) is 22.6. The topological polar surface area (TPSA) is 156 Å². The Balaban J connectivity index is 0.00000153. The smallest absolute Gasteiger partial charge is 0.324 e. The lowest BCUT2D eigenvalue weighted by Crippen LogP contribution is -2.62. The molecule has 1 atom stereocenters. The third-order valence-electron chi connectivity index (χ3n) is 6.81. The Kier molecular flexibility index (Phi) is 10.3. The molecule has 200 valence electrons. The van der Waals surface area contributed by atoms with Gasteiger partial charge in [-0.3, -0.25) is 14.4 Å². The molecule has 2 aromatic rings. The number of ketones is 1. The van der Waals surface area contributed by atoms with E-state index in [1.165, 1.54) is 33.3 Å². The Hall–Kier alpha value is -3.37. The fraction of sp³-hybridized carbons (Fsp3) is 0.370. The number of carboxylic acid groups (broad SMARTS) is 2. The van der Waals surface area contributed by atoms with Crippen molar-refractivity contribution in [2.75, 3.05) is 14.2 Å². The molecule has 0 aromatic heterocycles. The highest BCUT2D eigenvalue weighted by atomic mass is 79.9. The monoisotopic (exact) mass is 577 g/mol. The summed E-state index contributed by atoms with van der Waals surface area (Å²) in [5, 5.41) is 28.4. The Morgan fingerprint density at radius 1 is 1.11 bits per heavy atom. The minimum Gasteiger partial charge on any atom is -0.507 e. The molecular weight excluding hydrogens is 546 g/mol. The molecule has 1 unspecified atom stereocenters. The van der Waals surface area contributed by atoms with E-state index in [0.29, 0.717) is 12.8 Å². The lowest BCUT2D eigenvalue weighted by molar-refractivity contribution is -0.146. The van der Waals surface area contributed by atoms with Gasteiger partial charge in [-0.15, -0.1) is 0 Å². The van der Waals surface area contributed by atoms with Crippen molar-refractivity contribution in [3.05, 3.63) is 57.6 Å². The van der Waals surface area contributed by atoms with Crippen molar-refractivity contribution < 1.29 is 39.2 Å². The van der Waals surface area contributed by atoms with E-state index in [4.69, 9.17) is 25.1 Å². The van der Waals surface area contributed by atoms with Gasteiger partial charge in [-0.1, -0.05) is 53.4 Å². The molecule has 9 nitrogen and oxygen atoms in total. The van der Waals surface area contributed by atoms with E-state index in [-0.39, 0.29) is 34.8 Å². The number of methoxy groups -OCH3 is 2. The number of carbonyl (C=O) groups is 3. The van der Waals surface area contributed by atoms with Crippen LogP contribution in [0.25, 0.3) is 6.08 Å². The highest BCUT2D eigenvalue weighted by Crippen LogP contribution is 2.54. The number of hydrogen-bond acceptors (Lipinski definition) is 7. The molecule has 3 rings (SSSR count). The zero-order valence-electron chi connectivity index (χ0n) is 21.0. The largest absolute Gasteiger partial charge is 0.507 e. The minimum absolute atomic E-state index is 0.0596. The Morgan fingerprint density at radius 2 is 1.70 bits per heavy atom. The summed E-state index contributed by atoms with van der Waals surface area (Å²) in [7, 11) is 2.82. The molecule has 1 aliphatic rings. The Bertz CT molecular complexity index is 1170. The maximum absolute atomic E-state index is 13.3. The number of carboxylic acids is 1. The third kappa shape index (κ3) is 6.14. The first-order chi connectivity index (χ1) is 17.5. The van der Waals surface area contributed by atoms with Crippen molar-refractivity contribution in [3.63, 3.8) is 0 Å². The number of aliphatic carboxylic acids is 1. The predicted octanol–water partition coefficient (Wildman–Crippen LogP) is 4.77. The number of hydrogen-bond donors (Lipinski definition) is 4. The van der Waals surface area contributed by atoms with Gasteiger partial charge in [-0.2, -0.15) is 0 Å². The van der Waals surface area contributed by atoms with Crippen molar-refractivity contribution in [2.45, 2.75) is 50.0 Å². The van der Waals surface area contributed by atoms with Crippen LogP contribution in [0, 0.1) is 0 Å². The highest BCUT2D eigenvalue weighted by molar-refractivity contribution is 9.10. The van der Waals surface area contributed by atoms with Crippen molar-refractivity contribution >= 4 is 40.2 Å². The van der Waals surface area contributed by atoms with E-state index in [1.54, 1.807) is 6.08 Å². The summed E-state index contributed by atoms with van der Waals surface area (Å²) in [5.74, 6) is -1.67. The second-order valence-corrected chi connectivity index (χ2v) is 9.80. The fourth-order valence-electron chi connectivity index (χ4n) is 4.90. The SMILES string of the molecule is COc1cc(OC)c(C2(C(C)(N)C(=O)O)CCCCC2)c(O)c1C(=O)/C=C/c1cccc(Br)c1.O=CO. The number of phenolic OH excluding ortho intramolecular Hbond substituents is 1. The first kappa shape index (κ1) is 29.9. The molecule has 1 saturated carbocycles. The molecule has 2 aromatic carbocycles. The number of ether oxygens (including phenoxy) is 2. The molecule has 0 aliphatic heterocycles. The minimum atomic E-state index is -1.71. The number of aromatic hydroxyl groups is 1. The number of nitrogens with two attached hydrogens (primary N) is 1.